The van der Waals surface area contributed by atoms with Crippen molar-refractivity contribution >= 4 is 21.9 Å². The van der Waals surface area contributed by atoms with E-state index >= 15 is 0 Å². The lowest BCUT2D eigenvalue weighted by Gasteiger charge is -2.09. The standard InChI is InChI=1S/C14H15BrN2O3/c1-4-8-7-9(5-6-10(8)20-3)13-16-12(15)11(14(18)19)17(13)2/h5-7H,4H2,1-3H3,(H,18,19). The molecule has 1 aromatic carbocycles. The molecule has 20 heavy (non-hydrogen) atoms. The van der Waals surface area contributed by atoms with Gasteiger partial charge in [0, 0.05) is 12.6 Å². The molecular formula is C14H15BrN2O3. The zero-order valence-electron chi connectivity index (χ0n) is 11.5. The summed E-state index contributed by atoms with van der Waals surface area (Å²) >= 11 is 3.19. The van der Waals surface area contributed by atoms with E-state index in [1.165, 1.54) is 0 Å². The van der Waals surface area contributed by atoms with Crippen molar-refractivity contribution in [1.82, 2.24) is 9.55 Å². The quantitative estimate of drug-likeness (QED) is 0.930. The van der Waals surface area contributed by atoms with Crippen molar-refractivity contribution in [2.24, 2.45) is 7.05 Å². The number of halogens is 1. The van der Waals surface area contributed by atoms with E-state index < -0.39 is 5.97 Å². The summed E-state index contributed by atoms with van der Waals surface area (Å²) in [7, 11) is 3.32. The number of aromatic carboxylic acids is 1. The third-order valence-electron chi connectivity index (χ3n) is 3.17. The Morgan fingerprint density at radius 1 is 1.50 bits per heavy atom. The summed E-state index contributed by atoms with van der Waals surface area (Å²) in [5, 5.41) is 9.18. The number of imidazole rings is 1. The van der Waals surface area contributed by atoms with Crippen LogP contribution in [0.1, 0.15) is 23.0 Å². The van der Waals surface area contributed by atoms with Gasteiger partial charge in [0.2, 0.25) is 0 Å². The third-order valence-corrected chi connectivity index (χ3v) is 3.73. The summed E-state index contributed by atoms with van der Waals surface area (Å²) in [4.78, 5) is 15.5. The van der Waals surface area contributed by atoms with E-state index in [0.717, 1.165) is 23.3 Å². The van der Waals surface area contributed by atoms with Crippen LogP contribution in [0.4, 0.5) is 0 Å². The number of hydrogen-bond acceptors (Lipinski definition) is 3. The fraction of sp³-hybridized carbons (Fsp3) is 0.286. The number of ether oxygens (including phenoxy) is 1. The first-order valence-corrected chi connectivity index (χ1v) is 6.91. The molecule has 0 aliphatic carbocycles. The van der Waals surface area contributed by atoms with Crippen LogP contribution in [0, 0.1) is 0 Å². The molecule has 0 aliphatic rings. The minimum Gasteiger partial charge on any atom is -0.496 e. The van der Waals surface area contributed by atoms with E-state index in [9.17, 15) is 9.90 Å². The summed E-state index contributed by atoms with van der Waals surface area (Å²) in [5.41, 5.74) is 2.05. The maximum absolute atomic E-state index is 11.2. The van der Waals surface area contributed by atoms with Crippen LogP contribution in [0.25, 0.3) is 11.4 Å². The molecule has 6 heteroatoms. The molecule has 0 saturated heterocycles. The molecule has 0 radical (unpaired) electrons. The number of nitrogens with zero attached hydrogens (tertiary/aromatic N) is 2. The van der Waals surface area contributed by atoms with Gasteiger partial charge >= 0.3 is 5.97 Å². The molecule has 0 atom stereocenters. The predicted molar refractivity (Wildman–Crippen MR) is 79.2 cm³/mol. The molecule has 5 nitrogen and oxygen atoms in total. The van der Waals surface area contributed by atoms with Crippen molar-refractivity contribution in [1.29, 1.82) is 0 Å². The van der Waals surface area contributed by atoms with E-state index in [0.29, 0.717) is 10.4 Å². The molecule has 1 heterocycles. The molecule has 2 aromatic rings. The summed E-state index contributed by atoms with van der Waals surface area (Å²) in [6.45, 7) is 2.04. The highest BCUT2D eigenvalue weighted by atomic mass is 79.9. The highest BCUT2D eigenvalue weighted by molar-refractivity contribution is 9.10. The largest absolute Gasteiger partial charge is 0.496 e. The second kappa shape index (κ2) is 5.66. The van der Waals surface area contributed by atoms with Crippen LogP contribution in [0.5, 0.6) is 5.75 Å². The van der Waals surface area contributed by atoms with Crippen molar-refractivity contribution in [2.75, 3.05) is 7.11 Å². The van der Waals surface area contributed by atoms with E-state index in [-0.39, 0.29) is 5.69 Å². The van der Waals surface area contributed by atoms with E-state index in [4.69, 9.17) is 4.74 Å². The number of carboxylic acid groups (broad SMARTS) is 1. The predicted octanol–water partition coefficient (Wildman–Crippen LogP) is 3.12. The van der Waals surface area contributed by atoms with Gasteiger partial charge in [0.15, 0.2) is 5.69 Å². The summed E-state index contributed by atoms with van der Waals surface area (Å²) in [6, 6.07) is 5.72. The van der Waals surface area contributed by atoms with Crippen LogP contribution in [0.15, 0.2) is 22.8 Å². The van der Waals surface area contributed by atoms with Crippen LogP contribution in [-0.2, 0) is 13.5 Å². The van der Waals surface area contributed by atoms with Gasteiger partial charge in [-0.15, -0.1) is 0 Å². The highest BCUT2D eigenvalue weighted by Gasteiger charge is 2.20. The lowest BCUT2D eigenvalue weighted by molar-refractivity contribution is 0.0685. The molecule has 0 aliphatic heterocycles. The number of carbonyl (C=O) groups is 1. The first kappa shape index (κ1) is 14.6. The zero-order valence-corrected chi connectivity index (χ0v) is 13.1. The minimum atomic E-state index is -1.01. The summed E-state index contributed by atoms with van der Waals surface area (Å²) in [6.07, 6.45) is 0.828. The zero-order chi connectivity index (χ0) is 14.9. The Labute approximate surface area is 125 Å². The van der Waals surface area contributed by atoms with E-state index in [2.05, 4.69) is 20.9 Å². The first-order valence-electron chi connectivity index (χ1n) is 6.12. The fourth-order valence-corrected chi connectivity index (χ4v) is 2.75. The Morgan fingerprint density at radius 3 is 2.70 bits per heavy atom. The SMILES string of the molecule is CCc1cc(-c2nc(Br)c(C(=O)O)n2C)ccc1OC. The van der Waals surface area contributed by atoms with Gasteiger partial charge in [-0.05, 0) is 46.1 Å². The molecule has 0 unspecified atom stereocenters. The summed E-state index contributed by atoms with van der Waals surface area (Å²) < 4.78 is 7.19. The lowest BCUT2D eigenvalue weighted by Crippen LogP contribution is -2.06. The van der Waals surface area contributed by atoms with Gasteiger partial charge < -0.3 is 14.4 Å². The van der Waals surface area contributed by atoms with E-state index in [1.54, 1.807) is 18.7 Å². The van der Waals surface area contributed by atoms with Gasteiger partial charge in [-0.1, -0.05) is 6.92 Å². The molecule has 1 N–H and O–H groups in total. The van der Waals surface area contributed by atoms with Crippen molar-refractivity contribution in [3.8, 4) is 17.1 Å². The Morgan fingerprint density at radius 2 is 2.20 bits per heavy atom. The second-order valence-corrected chi connectivity index (χ2v) is 5.07. The molecule has 0 saturated carbocycles. The molecule has 106 valence electrons. The van der Waals surface area contributed by atoms with Gasteiger partial charge in [0.25, 0.3) is 0 Å². The molecular weight excluding hydrogens is 324 g/mol. The van der Waals surface area contributed by atoms with Crippen molar-refractivity contribution in [3.63, 3.8) is 0 Å². The van der Waals surface area contributed by atoms with Crippen LogP contribution in [0.3, 0.4) is 0 Å². The molecule has 2 rings (SSSR count). The first-order chi connectivity index (χ1) is 9.49. The topological polar surface area (TPSA) is 64.3 Å². The maximum Gasteiger partial charge on any atom is 0.355 e. The Kier molecular flexibility index (Phi) is 4.13. The molecule has 0 bridgehead atoms. The average molecular weight is 339 g/mol. The van der Waals surface area contributed by atoms with Gasteiger partial charge in [-0.25, -0.2) is 9.78 Å². The monoisotopic (exact) mass is 338 g/mol. The van der Waals surface area contributed by atoms with Gasteiger partial charge in [-0.3, -0.25) is 0 Å². The number of benzene rings is 1. The van der Waals surface area contributed by atoms with Gasteiger partial charge in [0.1, 0.15) is 16.2 Å². The third kappa shape index (κ3) is 2.43. The van der Waals surface area contributed by atoms with Gasteiger partial charge in [-0.2, -0.15) is 0 Å². The number of aryl methyl sites for hydroxylation is 1. The van der Waals surface area contributed by atoms with Crippen molar-refractivity contribution in [2.45, 2.75) is 13.3 Å². The molecule has 0 spiro atoms. The number of methoxy groups -OCH3 is 1. The second-order valence-electron chi connectivity index (χ2n) is 4.32. The lowest BCUT2D eigenvalue weighted by atomic mass is 10.1. The van der Waals surface area contributed by atoms with E-state index in [1.807, 2.05) is 25.1 Å². The van der Waals surface area contributed by atoms with Crippen LogP contribution in [-0.4, -0.2) is 27.7 Å². The van der Waals surface area contributed by atoms with Crippen LogP contribution in [0.2, 0.25) is 0 Å². The Balaban J connectivity index is 2.58. The number of hydrogen-bond donors (Lipinski definition) is 1. The normalized spacial score (nSPS) is 10.6. The van der Waals surface area contributed by atoms with Crippen LogP contribution >= 0.6 is 15.9 Å². The Hall–Kier alpha value is -1.82. The number of rotatable bonds is 4. The minimum absolute atomic E-state index is 0.133. The van der Waals surface area contributed by atoms with Crippen molar-refractivity contribution < 1.29 is 14.6 Å². The maximum atomic E-state index is 11.2. The average Bonchev–Trinajstić information content (AvgIpc) is 2.73. The fourth-order valence-electron chi connectivity index (χ4n) is 2.15. The molecule has 0 amide bonds. The van der Waals surface area contributed by atoms with Crippen LogP contribution < -0.4 is 4.74 Å². The molecule has 0 fully saturated rings. The Bertz CT molecular complexity index is 665. The van der Waals surface area contributed by atoms with Gasteiger partial charge in [0.05, 0.1) is 7.11 Å². The van der Waals surface area contributed by atoms with Crippen molar-refractivity contribution in [3.05, 3.63) is 34.1 Å². The smallest absolute Gasteiger partial charge is 0.355 e. The summed E-state index contributed by atoms with van der Waals surface area (Å²) in [5.74, 6) is 0.414. The highest BCUT2D eigenvalue weighted by Crippen LogP contribution is 2.29. The number of carboxylic acids is 1. The number of aromatic nitrogens is 2. The molecule has 1 aromatic heterocycles.